The third-order valence-corrected chi connectivity index (χ3v) is 1.93. The van der Waals surface area contributed by atoms with Gasteiger partial charge in [0.05, 0.1) is 0 Å². The maximum absolute atomic E-state index is 13.1. The molecule has 0 N–H and O–H groups in total. The van der Waals surface area contributed by atoms with Gasteiger partial charge in [0, 0.05) is 24.2 Å². The van der Waals surface area contributed by atoms with E-state index < -0.39 is 5.95 Å². The summed E-state index contributed by atoms with van der Waals surface area (Å²) in [6.07, 6.45) is 8.32. The van der Waals surface area contributed by atoms with Crippen LogP contribution in [0.5, 0.6) is 0 Å². The van der Waals surface area contributed by atoms with E-state index in [0.717, 1.165) is 5.56 Å². The maximum Gasteiger partial charge on any atom is 0.220 e. The predicted molar refractivity (Wildman–Crippen MR) is 57.4 cm³/mol. The minimum absolute atomic E-state index is 0.461. The van der Waals surface area contributed by atoms with E-state index in [4.69, 9.17) is 0 Å². The van der Waals surface area contributed by atoms with E-state index in [1.54, 1.807) is 36.7 Å². The Balaban J connectivity index is 2.23. The SMILES string of the molecule is Fc1ncccc1/C=C\c1cccnc1. The molecule has 2 nitrogen and oxygen atoms in total. The molecule has 0 fully saturated rings. The number of nitrogens with zero attached hydrogens (tertiary/aromatic N) is 2. The first-order valence-corrected chi connectivity index (χ1v) is 4.55. The summed E-state index contributed by atoms with van der Waals surface area (Å²) in [5.41, 5.74) is 1.40. The molecule has 0 bridgehead atoms. The number of aromatic nitrogens is 2. The zero-order valence-electron chi connectivity index (χ0n) is 7.97. The molecule has 2 aromatic rings. The quantitative estimate of drug-likeness (QED) is 0.696. The molecule has 0 spiro atoms. The van der Waals surface area contributed by atoms with Crippen LogP contribution in [0.4, 0.5) is 4.39 Å². The molecule has 0 unspecified atom stereocenters. The van der Waals surface area contributed by atoms with Gasteiger partial charge >= 0.3 is 0 Å². The van der Waals surface area contributed by atoms with Gasteiger partial charge in [-0.05, 0) is 29.8 Å². The summed E-state index contributed by atoms with van der Waals surface area (Å²) in [6.45, 7) is 0. The molecule has 2 rings (SSSR count). The van der Waals surface area contributed by atoms with Crippen molar-refractivity contribution < 1.29 is 4.39 Å². The van der Waals surface area contributed by atoms with Gasteiger partial charge in [0.25, 0.3) is 0 Å². The summed E-state index contributed by atoms with van der Waals surface area (Å²) in [5.74, 6) is -0.461. The molecule has 2 aromatic heterocycles. The van der Waals surface area contributed by atoms with Crippen LogP contribution in [0.1, 0.15) is 11.1 Å². The van der Waals surface area contributed by atoms with E-state index in [0.29, 0.717) is 5.56 Å². The zero-order chi connectivity index (χ0) is 10.5. The van der Waals surface area contributed by atoms with Crippen molar-refractivity contribution in [3.63, 3.8) is 0 Å². The lowest BCUT2D eigenvalue weighted by Crippen LogP contribution is -1.84. The van der Waals surface area contributed by atoms with E-state index in [2.05, 4.69) is 9.97 Å². The second-order valence-corrected chi connectivity index (χ2v) is 3.00. The van der Waals surface area contributed by atoms with Gasteiger partial charge in [-0.2, -0.15) is 4.39 Å². The molecular formula is C12H9FN2. The average molecular weight is 200 g/mol. The van der Waals surface area contributed by atoms with Crippen molar-refractivity contribution in [2.45, 2.75) is 0 Å². The van der Waals surface area contributed by atoms with Gasteiger partial charge in [-0.25, -0.2) is 4.98 Å². The average Bonchev–Trinajstić information content (AvgIpc) is 2.29. The van der Waals surface area contributed by atoms with Crippen LogP contribution in [0.25, 0.3) is 12.2 Å². The number of pyridine rings is 2. The fraction of sp³-hybridized carbons (Fsp3) is 0. The van der Waals surface area contributed by atoms with Gasteiger partial charge in [0.15, 0.2) is 0 Å². The van der Waals surface area contributed by atoms with Crippen LogP contribution in [0.3, 0.4) is 0 Å². The lowest BCUT2D eigenvalue weighted by Gasteiger charge is -1.94. The summed E-state index contributed by atoms with van der Waals surface area (Å²) in [6, 6.07) is 7.11. The number of halogens is 1. The molecule has 0 saturated heterocycles. The van der Waals surface area contributed by atoms with Crippen molar-refractivity contribution in [3.8, 4) is 0 Å². The topological polar surface area (TPSA) is 25.8 Å². The highest BCUT2D eigenvalue weighted by molar-refractivity contribution is 5.68. The molecule has 74 valence electrons. The minimum atomic E-state index is -0.461. The largest absolute Gasteiger partial charge is 0.264 e. The summed E-state index contributed by atoms with van der Waals surface area (Å²) in [5, 5.41) is 0. The van der Waals surface area contributed by atoms with Crippen LogP contribution in [-0.4, -0.2) is 9.97 Å². The van der Waals surface area contributed by atoms with E-state index in [9.17, 15) is 4.39 Å². The number of hydrogen-bond acceptors (Lipinski definition) is 2. The Labute approximate surface area is 87.1 Å². The standard InChI is InChI=1S/C12H9FN2/c13-12-11(4-2-8-15-12)6-5-10-3-1-7-14-9-10/h1-9H/b6-5-. The molecule has 15 heavy (non-hydrogen) atoms. The predicted octanol–water partition coefficient (Wildman–Crippen LogP) is 2.79. The maximum atomic E-state index is 13.1. The number of rotatable bonds is 2. The third kappa shape index (κ3) is 2.47. The van der Waals surface area contributed by atoms with Crippen molar-refractivity contribution in [3.05, 3.63) is 59.9 Å². The fourth-order valence-corrected chi connectivity index (χ4v) is 1.18. The summed E-state index contributed by atoms with van der Waals surface area (Å²) >= 11 is 0. The lowest BCUT2D eigenvalue weighted by molar-refractivity contribution is 0.581. The molecule has 0 atom stereocenters. The molecule has 0 radical (unpaired) electrons. The second-order valence-electron chi connectivity index (χ2n) is 3.00. The van der Waals surface area contributed by atoms with Crippen LogP contribution in [0.2, 0.25) is 0 Å². The van der Waals surface area contributed by atoms with E-state index >= 15 is 0 Å². The van der Waals surface area contributed by atoms with Crippen LogP contribution in [0.15, 0.2) is 42.9 Å². The summed E-state index contributed by atoms with van der Waals surface area (Å²) in [4.78, 5) is 7.52. The molecule has 0 aliphatic carbocycles. The lowest BCUT2D eigenvalue weighted by atomic mass is 10.2. The first kappa shape index (κ1) is 9.52. The van der Waals surface area contributed by atoms with Gasteiger partial charge in [-0.15, -0.1) is 0 Å². The van der Waals surface area contributed by atoms with Crippen LogP contribution < -0.4 is 0 Å². The monoisotopic (exact) mass is 200 g/mol. The highest BCUT2D eigenvalue weighted by Crippen LogP contribution is 2.08. The zero-order valence-corrected chi connectivity index (χ0v) is 7.97. The highest BCUT2D eigenvalue weighted by Gasteiger charge is 1.96. The first-order valence-electron chi connectivity index (χ1n) is 4.55. The van der Waals surface area contributed by atoms with Crippen molar-refractivity contribution in [1.29, 1.82) is 0 Å². The van der Waals surface area contributed by atoms with E-state index in [1.807, 2.05) is 12.1 Å². The summed E-state index contributed by atoms with van der Waals surface area (Å²) < 4.78 is 13.1. The summed E-state index contributed by atoms with van der Waals surface area (Å²) in [7, 11) is 0. The van der Waals surface area contributed by atoms with Gasteiger partial charge in [0.2, 0.25) is 5.95 Å². The Morgan fingerprint density at radius 1 is 1.07 bits per heavy atom. The Hall–Kier alpha value is -2.03. The van der Waals surface area contributed by atoms with Crippen LogP contribution in [0, 0.1) is 5.95 Å². The third-order valence-electron chi connectivity index (χ3n) is 1.93. The van der Waals surface area contributed by atoms with E-state index in [-0.39, 0.29) is 0 Å². The van der Waals surface area contributed by atoms with Crippen molar-refractivity contribution in [2.75, 3.05) is 0 Å². The number of hydrogen-bond donors (Lipinski definition) is 0. The normalized spacial score (nSPS) is 10.7. The highest BCUT2D eigenvalue weighted by atomic mass is 19.1. The molecule has 3 heteroatoms. The van der Waals surface area contributed by atoms with Gasteiger partial charge < -0.3 is 0 Å². The Bertz CT molecular complexity index is 466. The van der Waals surface area contributed by atoms with Crippen molar-refractivity contribution in [1.82, 2.24) is 9.97 Å². The van der Waals surface area contributed by atoms with Gasteiger partial charge in [0.1, 0.15) is 0 Å². The molecule has 0 aromatic carbocycles. The minimum Gasteiger partial charge on any atom is -0.264 e. The molecule has 0 aliphatic rings. The molecule has 0 amide bonds. The molecule has 2 heterocycles. The Morgan fingerprint density at radius 3 is 2.67 bits per heavy atom. The first-order chi connectivity index (χ1) is 7.36. The molecular weight excluding hydrogens is 191 g/mol. The Kier molecular flexibility index (Phi) is 2.83. The van der Waals surface area contributed by atoms with Gasteiger partial charge in [-0.1, -0.05) is 12.1 Å². The van der Waals surface area contributed by atoms with Crippen LogP contribution >= 0.6 is 0 Å². The Morgan fingerprint density at radius 2 is 1.93 bits per heavy atom. The van der Waals surface area contributed by atoms with Crippen molar-refractivity contribution >= 4 is 12.2 Å². The fourth-order valence-electron chi connectivity index (χ4n) is 1.18. The second kappa shape index (κ2) is 4.46. The molecule has 0 saturated carbocycles. The van der Waals surface area contributed by atoms with Gasteiger partial charge in [-0.3, -0.25) is 4.98 Å². The van der Waals surface area contributed by atoms with E-state index in [1.165, 1.54) is 6.20 Å². The van der Waals surface area contributed by atoms with Crippen LogP contribution in [-0.2, 0) is 0 Å². The smallest absolute Gasteiger partial charge is 0.220 e. The van der Waals surface area contributed by atoms with Crippen molar-refractivity contribution in [2.24, 2.45) is 0 Å². The molecule has 0 aliphatic heterocycles.